The molecule has 0 radical (unpaired) electrons. The van der Waals surface area contributed by atoms with E-state index in [-0.39, 0.29) is 11.8 Å². The first-order valence-corrected chi connectivity index (χ1v) is 9.31. The Morgan fingerprint density at radius 3 is 2.32 bits per heavy atom. The summed E-state index contributed by atoms with van der Waals surface area (Å²) in [7, 11) is -3.12. The van der Waals surface area contributed by atoms with Crippen LogP contribution in [0.15, 0.2) is 0 Å². The summed E-state index contributed by atoms with van der Waals surface area (Å²) in [5.74, 6) is 0.994. The zero-order valence-electron chi connectivity index (χ0n) is 12.6. The molecule has 0 aliphatic heterocycles. The molecule has 19 heavy (non-hydrogen) atoms. The van der Waals surface area contributed by atoms with E-state index in [0.717, 1.165) is 18.8 Å². The molecule has 0 unspecified atom stereocenters. The van der Waals surface area contributed by atoms with E-state index in [2.05, 4.69) is 17.0 Å². The predicted molar refractivity (Wildman–Crippen MR) is 80.7 cm³/mol. The maximum absolute atomic E-state index is 11.9. The lowest BCUT2D eigenvalue weighted by Gasteiger charge is -2.28. The van der Waals surface area contributed by atoms with E-state index in [1.165, 1.54) is 25.7 Å². The van der Waals surface area contributed by atoms with Crippen molar-refractivity contribution >= 4 is 10.0 Å². The van der Waals surface area contributed by atoms with Crippen molar-refractivity contribution in [2.24, 2.45) is 5.92 Å². The second-order valence-corrected chi connectivity index (χ2v) is 7.93. The van der Waals surface area contributed by atoms with Gasteiger partial charge in [-0.1, -0.05) is 33.6 Å². The van der Waals surface area contributed by atoms with Crippen LogP contribution in [0.5, 0.6) is 0 Å². The van der Waals surface area contributed by atoms with E-state index in [1.54, 1.807) is 0 Å². The standard InChI is InChI=1S/C14H30N2O2S/c1-4-5-13-6-8-14(9-7-13)16-19(17,18)11-10-15-12(2)3/h12-16H,4-11H2,1-3H3. The Morgan fingerprint density at radius 1 is 1.16 bits per heavy atom. The first kappa shape index (κ1) is 16.9. The van der Waals surface area contributed by atoms with Crippen LogP contribution in [0.1, 0.15) is 59.3 Å². The van der Waals surface area contributed by atoms with Crippen LogP contribution in [-0.4, -0.2) is 32.8 Å². The van der Waals surface area contributed by atoms with Gasteiger partial charge in [-0.05, 0) is 31.6 Å². The van der Waals surface area contributed by atoms with Gasteiger partial charge in [0.05, 0.1) is 5.75 Å². The molecule has 2 N–H and O–H groups in total. The fourth-order valence-electron chi connectivity index (χ4n) is 2.77. The van der Waals surface area contributed by atoms with E-state index < -0.39 is 10.0 Å². The third-order valence-electron chi connectivity index (χ3n) is 3.81. The molecule has 0 heterocycles. The second-order valence-electron chi connectivity index (χ2n) is 6.05. The van der Waals surface area contributed by atoms with Crippen LogP contribution in [0.4, 0.5) is 0 Å². The summed E-state index contributed by atoms with van der Waals surface area (Å²) in [5, 5.41) is 3.14. The highest BCUT2D eigenvalue weighted by molar-refractivity contribution is 7.89. The largest absolute Gasteiger partial charge is 0.313 e. The minimum Gasteiger partial charge on any atom is -0.313 e. The average molecular weight is 290 g/mol. The maximum Gasteiger partial charge on any atom is 0.213 e. The summed E-state index contributed by atoms with van der Waals surface area (Å²) < 4.78 is 26.7. The normalized spacial score (nSPS) is 24.8. The molecular weight excluding hydrogens is 260 g/mol. The van der Waals surface area contributed by atoms with Crippen LogP contribution >= 0.6 is 0 Å². The Morgan fingerprint density at radius 2 is 1.79 bits per heavy atom. The van der Waals surface area contributed by atoms with Crippen molar-refractivity contribution in [2.75, 3.05) is 12.3 Å². The maximum atomic E-state index is 11.9. The molecule has 1 aliphatic carbocycles. The van der Waals surface area contributed by atoms with Crippen molar-refractivity contribution in [3.05, 3.63) is 0 Å². The van der Waals surface area contributed by atoms with E-state index in [1.807, 2.05) is 13.8 Å². The zero-order chi connectivity index (χ0) is 14.3. The minimum absolute atomic E-state index is 0.164. The molecule has 0 aromatic rings. The summed E-state index contributed by atoms with van der Waals surface area (Å²) in [6.45, 7) is 6.79. The van der Waals surface area contributed by atoms with Crippen molar-refractivity contribution < 1.29 is 8.42 Å². The van der Waals surface area contributed by atoms with E-state index in [0.29, 0.717) is 12.6 Å². The number of rotatable bonds is 8. The highest BCUT2D eigenvalue weighted by atomic mass is 32.2. The monoisotopic (exact) mass is 290 g/mol. The van der Waals surface area contributed by atoms with Gasteiger partial charge in [0.2, 0.25) is 10.0 Å². The molecule has 0 bridgehead atoms. The smallest absolute Gasteiger partial charge is 0.213 e. The third-order valence-corrected chi connectivity index (χ3v) is 5.25. The molecule has 114 valence electrons. The van der Waals surface area contributed by atoms with E-state index in [4.69, 9.17) is 0 Å². The van der Waals surface area contributed by atoms with Gasteiger partial charge in [-0.25, -0.2) is 13.1 Å². The highest BCUT2D eigenvalue weighted by Gasteiger charge is 2.24. The minimum atomic E-state index is -3.12. The molecule has 5 heteroatoms. The molecule has 0 aromatic carbocycles. The topological polar surface area (TPSA) is 58.2 Å². The molecule has 1 rings (SSSR count). The van der Waals surface area contributed by atoms with Crippen molar-refractivity contribution in [2.45, 2.75) is 71.4 Å². The summed E-state index contributed by atoms with van der Waals surface area (Å²) >= 11 is 0. The van der Waals surface area contributed by atoms with Crippen LogP contribution in [0.2, 0.25) is 0 Å². The molecular formula is C14H30N2O2S. The SMILES string of the molecule is CCCC1CCC(NS(=O)(=O)CCNC(C)C)CC1. The molecule has 1 fully saturated rings. The van der Waals surface area contributed by atoms with Gasteiger partial charge in [0.15, 0.2) is 0 Å². The first-order valence-electron chi connectivity index (χ1n) is 7.66. The van der Waals surface area contributed by atoms with Crippen molar-refractivity contribution in [3.63, 3.8) is 0 Å². The van der Waals surface area contributed by atoms with Gasteiger partial charge in [0.1, 0.15) is 0 Å². The average Bonchev–Trinajstić information content (AvgIpc) is 2.31. The second kappa shape index (κ2) is 8.22. The Bertz CT molecular complexity index is 333. The van der Waals surface area contributed by atoms with Crippen LogP contribution in [0, 0.1) is 5.92 Å². The number of hydrogen-bond donors (Lipinski definition) is 2. The van der Waals surface area contributed by atoms with Crippen LogP contribution < -0.4 is 10.0 Å². The predicted octanol–water partition coefficient (Wildman–Crippen LogP) is 2.26. The van der Waals surface area contributed by atoms with Gasteiger partial charge in [-0.15, -0.1) is 0 Å². The van der Waals surface area contributed by atoms with Crippen molar-refractivity contribution in [1.29, 1.82) is 0 Å². The van der Waals surface area contributed by atoms with Gasteiger partial charge in [-0.3, -0.25) is 0 Å². The Hall–Kier alpha value is -0.130. The summed E-state index contributed by atoms with van der Waals surface area (Å²) in [5.41, 5.74) is 0. The molecule has 0 amide bonds. The molecule has 1 saturated carbocycles. The van der Waals surface area contributed by atoms with Gasteiger partial charge < -0.3 is 5.32 Å². The fourth-order valence-corrected chi connectivity index (χ4v) is 4.02. The van der Waals surface area contributed by atoms with E-state index in [9.17, 15) is 8.42 Å². The first-order chi connectivity index (χ1) is 8.93. The summed E-state index contributed by atoms with van der Waals surface area (Å²) in [6.07, 6.45) is 6.87. The zero-order valence-corrected chi connectivity index (χ0v) is 13.4. The van der Waals surface area contributed by atoms with Crippen molar-refractivity contribution in [3.8, 4) is 0 Å². The number of hydrogen-bond acceptors (Lipinski definition) is 3. The third kappa shape index (κ3) is 7.28. The summed E-state index contributed by atoms with van der Waals surface area (Å²) in [6, 6.07) is 0.497. The summed E-state index contributed by atoms with van der Waals surface area (Å²) in [4.78, 5) is 0. The molecule has 0 spiro atoms. The number of nitrogens with one attached hydrogen (secondary N) is 2. The van der Waals surface area contributed by atoms with Gasteiger partial charge in [0.25, 0.3) is 0 Å². The molecule has 0 atom stereocenters. The highest BCUT2D eigenvalue weighted by Crippen LogP contribution is 2.27. The fraction of sp³-hybridized carbons (Fsp3) is 1.00. The molecule has 0 aromatic heterocycles. The Labute approximate surface area is 118 Å². The van der Waals surface area contributed by atoms with Gasteiger partial charge in [-0.2, -0.15) is 0 Å². The quantitative estimate of drug-likeness (QED) is 0.721. The van der Waals surface area contributed by atoms with Crippen LogP contribution in [0.3, 0.4) is 0 Å². The lowest BCUT2D eigenvalue weighted by Crippen LogP contribution is -2.41. The van der Waals surface area contributed by atoms with Crippen LogP contribution in [0.25, 0.3) is 0 Å². The lowest BCUT2D eigenvalue weighted by atomic mass is 9.84. The number of sulfonamides is 1. The molecule has 4 nitrogen and oxygen atoms in total. The lowest BCUT2D eigenvalue weighted by molar-refractivity contribution is 0.297. The van der Waals surface area contributed by atoms with Crippen molar-refractivity contribution in [1.82, 2.24) is 10.0 Å². The van der Waals surface area contributed by atoms with E-state index >= 15 is 0 Å². The van der Waals surface area contributed by atoms with Crippen LogP contribution in [-0.2, 0) is 10.0 Å². The van der Waals surface area contributed by atoms with Gasteiger partial charge >= 0.3 is 0 Å². The molecule has 0 saturated heterocycles. The van der Waals surface area contributed by atoms with Gasteiger partial charge in [0, 0.05) is 18.6 Å². The Kier molecular flexibility index (Phi) is 7.32. The Balaban J connectivity index is 2.27. The molecule has 1 aliphatic rings.